The minimum absolute atomic E-state index is 1.40. The summed E-state index contributed by atoms with van der Waals surface area (Å²) in [5, 5.41) is 6.30. The van der Waals surface area contributed by atoms with Crippen molar-refractivity contribution in [3.05, 3.63) is 66.7 Å². The first kappa shape index (κ1) is 15.2. The molecule has 0 saturated carbocycles. The van der Waals surface area contributed by atoms with E-state index in [1.165, 1.54) is 17.1 Å². The van der Waals surface area contributed by atoms with Crippen molar-refractivity contribution < 1.29 is 0 Å². The minimum Gasteiger partial charge on any atom is -0.311 e. The molecule has 2 aliphatic rings. The van der Waals surface area contributed by atoms with Crippen LogP contribution in [0.15, 0.2) is 66.7 Å². The van der Waals surface area contributed by atoms with Crippen LogP contribution in [0.1, 0.15) is 0 Å². The molecule has 0 unspecified atom stereocenters. The highest BCUT2D eigenvalue weighted by Gasteiger charge is 2.46. The van der Waals surface area contributed by atoms with Crippen LogP contribution >= 0.6 is 0 Å². The van der Waals surface area contributed by atoms with E-state index in [-0.39, 0.29) is 0 Å². The summed E-state index contributed by atoms with van der Waals surface area (Å²) < 4.78 is 0. The molecule has 3 aromatic rings. The van der Waals surface area contributed by atoms with Crippen LogP contribution in [-0.2, 0) is 0 Å². The summed E-state index contributed by atoms with van der Waals surface area (Å²) in [4.78, 5) is 2.56. The lowest BCUT2D eigenvalue weighted by molar-refractivity contribution is 1.29. The summed E-state index contributed by atoms with van der Waals surface area (Å²) >= 11 is 0. The van der Waals surface area contributed by atoms with Gasteiger partial charge in [-0.3, -0.25) is 0 Å². The Labute approximate surface area is 152 Å². The number of fused-ring (bicyclic) bond motifs is 4. The topological polar surface area (TPSA) is 3.24 Å². The molecule has 0 spiro atoms. The maximum Gasteiger partial charge on any atom is 0.117 e. The van der Waals surface area contributed by atoms with Crippen LogP contribution in [0, 0.1) is 0 Å². The van der Waals surface area contributed by atoms with E-state index in [9.17, 15) is 0 Å². The van der Waals surface area contributed by atoms with Crippen LogP contribution in [0.25, 0.3) is 0 Å². The zero-order chi connectivity index (χ0) is 17.4. The first-order valence-electron chi connectivity index (χ1n) is 9.07. The summed E-state index contributed by atoms with van der Waals surface area (Å²) in [6.45, 7) is 10.0. The number of anilines is 3. The summed E-state index contributed by atoms with van der Waals surface area (Å²) in [5.41, 5.74) is 4.31. The van der Waals surface area contributed by atoms with Gasteiger partial charge in [0, 0.05) is 17.1 Å². The Hall–Kier alpha value is -2.11. The molecule has 0 amide bonds. The standard InChI is InChI=1S/C22H23NSi2/c1-24(2)18-12-7-5-10-16(18)23-17-11-6-8-13-19(17)25(3,4)21-15-9-14-20(24)22(21)23/h5-15H,1-4H3. The van der Waals surface area contributed by atoms with Crippen molar-refractivity contribution in [2.45, 2.75) is 26.2 Å². The molecular weight excluding hydrogens is 334 g/mol. The zero-order valence-electron chi connectivity index (χ0n) is 15.3. The fourth-order valence-corrected chi connectivity index (χ4v) is 11.0. The second-order valence-corrected chi connectivity index (χ2v) is 17.0. The van der Waals surface area contributed by atoms with Crippen LogP contribution in [0.3, 0.4) is 0 Å². The molecular formula is C22H23NSi2. The molecule has 25 heavy (non-hydrogen) atoms. The predicted octanol–water partition coefficient (Wildman–Crippen LogP) is 3.43. The Kier molecular flexibility index (Phi) is 2.88. The van der Waals surface area contributed by atoms with Gasteiger partial charge >= 0.3 is 0 Å². The lowest BCUT2D eigenvalue weighted by Gasteiger charge is -2.48. The quantitative estimate of drug-likeness (QED) is 0.557. The van der Waals surface area contributed by atoms with E-state index in [1.807, 2.05) is 0 Å². The van der Waals surface area contributed by atoms with Crippen molar-refractivity contribution in [2.24, 2.45) is 0 Å². The van der Waals surface area contributed by atoms with E-state index < -0.39 is 16.1 Å². The van der Waals surface area contributed by atoms with E-state index >= 15 is 0 Å². The zero-order valence-corrected chi connectivity index (χ0v) is 17.3. The van der Waals surface area contributed by atoms with E-state index in [0.717, 1.165) is 0 Å². The first-order chi connectivity index (χ1) is 11.9. The van der Waals surface area contributed by atoms with Gasteiger partial charge in [-0.05, 0) is 32.9 Å². The second-order valence-electron chi connectivity index (χ2n) is 8.32. The van der Waals surface area contributed by atoms with Crippen LogP contribution in [0.2, 0.25) is 26.2 Å². The number of para-hydroxylation sites is 3. The molecule has 0 aromatic heterocycles. The Morgan fingerprint density at radius 3 is 1.40 bits per heavy atom. The van der Waals surface area contributed by atoms with Gasteiger partial charge in [-0.2, -0.15) is 0 Å². The van der Waals surface area contributed by atoms with Gasteiger partial charge in [-0.15, -0.1) is 0 Å². The number of benzene rings is 3. The SMILES string of the molecule is C[Si]1(C)c2ccccc2N2c3ccccc3[Si](C)(C)c3cccc1c32. The molecule has 0 aliphatic carbocycles. The second kappa shape index (κ2) is 4.74. The maximum absolute atomic E-state index is 2.56. The molecule has 124 valence electrons. The van der Waals surface area contributed by atoms with Crippen molar-refractivity contribution in [1.29, 1.82) is 0 Å². The summed E-state index contributed by atoms with van der Waals surface area (Å²) in [7, 11) is -3.38. The number of nitrogens with zero attached hydrogens (tertiary/aromatic N) is 1. The van der Waals surface area contributed by atoms with Crippen LogP contribution in [0.4, 0.5) is 17.1 Å². The molecule has 5 rings (SSSR count). The minimum atomic E-state index is -1.69. The highest BCUT2D eigenvalue weighted by molar-refractivity contribution is 7.06. The van der Waals surface area contributed by atoms with Gasteiger partial charge in [0.05, 0.1) is 0 Å². The molecule has 3 heteroatoms. The Balaban J connectivity index is 1.97. The van der Waals surface area contributed by atoms with Gasteiger partial charge in [0.25, 0.3) is 0 Å². The third kappa shape index (κ3) is 1.77. The summed E-state index contributed by atoms with van der Waals surface area (Å²) in [6, 6.07) is 25.2. The van der Waals surface area contributed by atoms with Gasteiger partial charge < -0.3 is 4.90 Å². The van der Waals surface area contributed by atoms with E-state index in [4.69, 9.17) is 0 Å². The highest BCUT2D eigenvalue weighted by Crippen LogP contribution is 2.40. The Morgan fingerprint density at radius 2 is 0.920 bits per heavy atom. The van der Waals surface area contributed by atoms with Crippen LogP contribution < -0.4 is 25.6 Å². The molecule has 3 aromatic carbocycles. The average Bonchev–Trinajstić information content (AvgIpc) is 2.61. The van der Waals surface area contributed by atoms with Crippen molar-refractivity contribution in [1.82, 2.24) is 0 Å². The third-order valence-electron chi connectivity index (χ3n) is 6.24. The summed E-state index contributed by atoms with van der Waals surface area (Å²) in [5.74, 6) is 0. The molecule has 2 heterocycles. The first-order valence-corrected chi connectivity index (χ1v) is 15.1. The fourth-order valence-electron chi connectivity index (χ4n) is 4.85. The van der Waals surface area contributed by atoms with Crippen molar-refractivity contribution in [3.63, 3.8) is 0 Å². The van der Waals surface area contributed by atoms with Gasteiger partial charge in [0.1, 0.15) is 16.1 Å². The normalized spacial score (nSPS) is 18.2. The predicted molar refractivity (Wildman–Crippen MR) is 115 cm³/mol. The van der Waals surface area contributed by atoms with Crippen LogP contribution in [0.5, 0.6) is 0 Å². The molecule has 0 radical (unpaired) electrons. The molecule has 0 atom stereocenters. The average molecular weight is 358 g/mol. The molecule has 0 bridgehead atoms. The van der Waals surface area contributed by atoms with Crippen molar-refractivity contribution in [2.75, 3.05) is 4.90 Å². The van der Waals surface area contributed by atoms with E-state index in [1.54, 1.807) is 20.7 Å². The monoisotopic (exact) mass is 357 g/mol. The smallest absolute Gasteiger partial charge is 0.117 e. The molecule has 0 N–H and O–H groups in total. The van der Waals surface area contributed by atoms with Gasteiger partial charge in [0.2, 0.25) is 0 Å². The Bertz CT molecular complexity index is 942. The molecule has 0 saturated heterocycles. The number of hydrogen-bond acceptors (Lipinski definition) is 1. The lowest BCUT2D eigenvalue weighted by Crippen LogP contribution is -2.66. The lowest BCUT2D eigenvalue weighted by atomic mass is 10.1. The number of hydrogen-bond donors (Lipinski definition) is 0. The largest absolute Gasteiger partial charge is 0.311 e. The van der Waals surface area contributed by atoms with Gasteiger partial charge in [0.15, 0.2) is 0 Å². The van der Waals surface area contributed by atoms with Gasteiger partial charge in [-0.25, -0.2) is 0 Å². The fraction of sp³-hybridized carbons (Fsp3) is 0.182. The van der Waals surface area contributed by atoms with Crippen molar-refractivity contribution in [3.8, 4) is 0 Å². The third-order valence-corrected chi connectivity index (χ3v) is 13.3. The van der Waals surface area contributed by atoms with Crippen molar-refractivity contribution >= 4 is 54.0 Å². The molecule has 1 nitrogen and oxygen atoms in total. The van der Waals surface area contributed by atoms with Crippen LogP contribution in [-0.4, -0.2) is 16.1 Å². The van der Waals surface area contributed by atoms with E-state index in [0.29, 0.717) is 0 Å². The Morgan fingerprint density at radius 1 is 0.520 bits per heavy atom. The summed E-state index contributed by atoms with van der Waals surface area (Å²) in [6.07, 6.45) is 0. The molecule has 0 fully saturated rings. The van der Waals surface area contributed by atoms with Gasteiger partial charge in [-0.1, -0.05) is 80.8 Å². The van der Waals surface area contributed by atoms with E-state index in [2.05, 4.69) is 97.8 Å². The number of rotatable bonds is 0. The molecule has 2 aliphatic heterocycles. The highest BCUT2D eigenvalue weighted by atomic mass is 28.3. The maximum atomic E-state index is 2.56.